The number of rotatable bonds is 15. The molecule has 0 radical (unpaired) electrons. The molecule has 9 nitrogen and oxygen atoms in total. The van der Waals surface area contributed by atoms with E-state index in [0.29, 0.717) is 43.7 Å². The van der Waals surface area contributed by atoms with Gasteiger partial charge in [-0.2, -0.15) is 0 Å². The van der Waals surface area contributed by atoms with Crippen LogP contribution in [0.3, 0.4) is 0 Å². The topological polar surface area (TPSA) is 109 Å². The third-order valence-corrected chi connectivity index (χ3v) is 7.78. The molecule has 3 aromatic rings. The molecule has 0 spiro atoms. The molecule has 0 bridgehead atoms. The molecule has 1 fully saturated rings. The van der Waals surface area contributed by atoms with Gasteiger partial charge in [0.2, 0.25) is 5.91 Å². The summed E-state index contributed by atoms with van der Waals surface area (Å²) in [5.74, 6) is 0.475. The van der Waals surface area contributed by atoms with E-state index < -0.39 is 17.7 Å². The van der Waals surface area contributed by atoms with Crippen LogP contribution >= 0.6 is 0 Å². The molecule has 4 rings (SSSR count). The Balaban J connectivity index is 1.60. The van der Waals surface area contributed by atoms with Gasteiger partial charge in [0.1, 0.15) is 11.9 Å². The summed E-state index contributed by atoms with van der Waals surface area (Å²) in [6.07, 6.45) is 1.05. The van der Waals surface area contributed by atoms with Crippen molar-refractivity contribution in [3.8, 4) is 5.75 Å². The predicted octanol–water partition coefficient (Wildman–Crippen LogP) is 4.66. The lowest BCUT2D eigenvalue weighted by Gasteiger charge is -2.33. The number of nitrogens with one attached hydrogen (secondary N) is 3. The summed E-state index contributed by atoms with van der Waals surface area (Å²) in [6, 6.07) is 22.4. The lowest BCUT2D eigenvalue weighted by Crippen LogP contribution is -2.52. The first-order chi connectivity index (χ1) is 20.7. The molecule has 3 N–H and O–H groups in total. The number of ether oxygens (including phenoxy) is 2. The summed E-state index contributed by atoms with van der Waals surface area (Å²) in [5, 5.41) is 9.94. The van der Waals surface area contributed by atoms with Gasteiger partial charge < -0.3 is 30.3 Å². The molecule has 1 aliphatic heterocycles. The third kappa shape index (κ3) is 8.35. The highest BCUT2D eigenvalue weighted by Gasteiger charge is 2.30. The second-order valence-corrected chi connectivity index (χ2v) is 11.2. The normalized spacial score (nSPS) is 14.6. The molecule has 3 aromatic carbocycles. The Morgan fingerprint density at radius 3 is 2.53 bits per heavy atom. The van der Waals surface area contributed by atoms with Crippen LogP contribution in [0.4, 0.5) is 11.4 Å². The van der Waals surface area contributed by atoms with E-state index in [0.717, 1.165) is 29.0 Å². The van der Waals surface area contributed by atoms with Crippen LogP contribution in [0.1, 0.15) is 55.1 Å². The molecule has 2 amide bonds. The monoisotopic (exact) mass is 586 g/mol. The highest BCUT2D eigenvalue weighted by atomic mass is 16.5. The molecule has 2 atom stereocenters. The second kappa shape index (κ2) is 14.7. The smallest absolute Gasteiger partial charge is 0.293 e. The van der Waals surface area contributed by atoms with Gasteiger partial charge in [0.05, 0.1) is 13.2 Å². The zero-order chi connectivity index (χ0) is 30.8. The molecular weight excluding hydrogens is 544 g/mol. The van der Waals surface area contributed by atoms with Gasteiger partial charge in [-0.15, -0.1) is 0 Å². The number of benzene rings is 3. The highest BCUT2D eigenvalue weighted by molar-refractivity contribution is 6.00. The molecular formula is C34H42N4O5. The molecule has 0 aliphatic carbocycles. The Labute approximate surface area is 253 Å². The Morgan fingerprint density at radius 2 is 1.86 bits per heavy atom. The number of carbonyl (C=O) groups excluding carboxylic acids is 3. The van der Waals surface area contributed by atoms with Gasteiger partial charge in [-0.3, -0.25) is 14.4 Å². The van der Waals surface area contributed by atoms with Crippen LogP contribution in [-0.2, 0) is 26.3 Å². The fraction of sp³-hybridized carbons (Fsp3) is 0.382. The number of hydrogen-bond donors (Lipinski definition) is 3. The van der Waals surface area contributed by atoms with Crippen LogP contribution in [0, 0.1) is 0 Å². The summed E-state index contributed by atoms with van der Waals surface area (Å²) in [5.41, 5.74) is 3.37. The van der Waals surface area contributed by atoms with Gasteiger partial charge in [-0.1, -0.05) is 42.5 Å². The molecule has 0 aromatic heterocycles. The molecule has 1 aliphatic rings. The van der Waals surface area contributed by atoms with Crippen molar-refractivity contribution in [2.45, 2.75) is 57.7 Å². The number of hydrogen-bond acceptors (Lipinski definition) is 7. The van der Waals surface area contributed by atoms with Gasteiger partial charge >= 0.3 is 0 Å². The molecule has 43 heavy (non-hydrogen) atoms. The van der Waals surface area contributed by atoms with Crippen molar-refractivity contribution in [2.75, 3.05) is 37.0 Å². The SMILES string of the molecule is CCNc1cc(C(=O)NC(Cc2ccccc2)C(CNC(C)(C)c2cccc(OC)c2)OC=O)cc(N2CCCC2=O)c1. The average molecular weight is 587 g/mol. The van der Waals surface area contributed by atoms with E-state index in [1.165, 1.54) is 0 Å². The van der Waals surface area contributed by atoms with Crippen molar-refractivity contribution < 1.29 is 23.9 Å². The number of nitrogens with zero attached hydrogens (tertiary/aromatic N) is 1. The Morgan fingerprint density at radius 1 is 1.07 bits per heavy atom. The van der Waals surface area contributed by atoms with E-state index in [9.17, 15) is 14.4 Å². The third-order valence-electron chi connectivity index (χ3n) is 7.78. The van der Waals surface area contributed by atoms with Crippen molar-refractivity contribution in [1.29, 1.82) is 0 Å². The zero-order valence-corrected chi connectivity index (χ0v) is 25.4. The van der Waals surface area contributed by atoms with Gasteiger partial charge in [0, 0.05) is 48.5 Å². The maximum atomic E-state index is 13.8. The van der Waals surface area contributed by atoms with Crippen molar-refractivity contribution in [3.63, 3.8) is 0 Å². The number of methoxy groups -OCH3 is 1. The molecule has 1 saturated heterocycles. The summed E-state index contributed by atoms with van der Waals surface area (Å²) < 4.78 is 11.0. The van der Waals surface area contributed by atoms with Crippen LogP contribution in [0.15, 0.2) is 72.8 Å². The summed E-state index contributed by atoms with van der Waals surface area (Å²) >= 11 is 0. The van der Waals surface area contributed by atoms with E-state index in [-0.39, 0.29) is 18.4 Å². The number of anilines is 2. The van der Waals surface area contributed by atoms with E-state index in [4.69, 9.17) is 9.47 Å². The van der Waals surface area contributed by atoms with Crippen LogP contribution in [0.25, 0.3) is 0 Å². The largest absolute Gasteiger partial charge is 0.497 e. The molecule has 0 saturated carbocycles. The van der Waals surface area contributed by atoms with Crippen molar-refractivity contribution in [3.05, 3.63) is 89.5 Å². The van der Waals surface area contributed by atoms with E-state index in [1.807, 2.05) is 81.4 Å². The fourth-order valence-electron chi connectivity index (χ4n) is 5.35. The molecule has 1 heterocycles. The predicted molar refractivity (Wildman–Crippen MR) is 169 cm³/mol. The average Bonchev–Trinajstić information content (AvgIpc) is 3.45. The summed E-state index contributed by atoms with van der Waals surface area (Å²) in [4.78, 5) is 39.8. The number of carbonyl (C=O) groups is 3. The minimum atomic E-state index is -0.678. The quantitative estimate of drug-likeness (QED) is 0.222. The van der Waals surface area contributed by atoms with Crippen molar-refractivity contribution in [1.82, 2.24) is 10.6 Å². The Kier molecular flexibility index (Phi) is 10.8. The van der Waals surface area contributed by atoms with Crippen LogP contribution in [0.2, 0.25) is 0 Å². The Hall–Kier alpha value is -4.37. The lowest BCUT2D eigenvalue weighted by atomic mass is 9.93. The van der Waals surface area contributed by atoms with E-state index in [1.54, 1.807) is 24.1 Å². The molecule has 2 unspecified atom stereocenters. The van der Waals surface area contributed by atoms with Crippen molar-refractivity contribution >= 4 is 29.7 Å². The minimum absolute atomic E-state index is 0.0473. The van der Waals surface area contributed by atoms with E-state index >= 15 is 0 Å². The highest BCUT2D eigenvalue weighted by Crippen LogP contribution is 2.27. The fourth-order valence-corrected chi connectivity index (χ4v) is 5.35. The van der Waals surface area contributed by atoms with Gasteiger partial charge in [-0.25, -0.2) is 0 Å². The zero-order valence-electron chi connectivity index (χ0n) is 25.4. The van der Waals surface area contributed by atoms with Crippen LogP contribution in [-0.4, -0.2) is 57.2 Å². The van der Waals surface area contributed by atoms with Crippen LogP contribution in [0.5, 0.6) is 5.75 Å². The Bertz CT molecular complexity index is 1390. The van der Waals surface area contributed by atoms with Crippen molar-refractivity contribution in [2.24, 2.45) is 0 Å². The maximum absolute atomic E-state index is 13.8. The maximum Gasteiger partial charge on any atom is 0.293 e. The molecule has 9 heteroatoms. The standard InChI is InChI=1S/C34H42N4O5/c1-5-35-27-18-25(19-28(21-27)38-16-10-15-32(38)40)33(41)37-30(17-24-11-7-6-8-12-24)31(43-23-39)22-36-34(2,3)26-13-9-14-29(20-26)42-4/h6-9,11-14,18-21,23,30-31,35-36H,5,10,15-17,22H2,1-4H3,(H,37,41). The lowest BCUT2D eigenvalue weighted by molar-refractivity contribution is -0.135. The molecule has 228 valence electrons. The minimum Gasteiger partial charge on any atom is -0.497 e. The van der Waals surface area contributed by atoms with Crippen LogP contribution < -0.4 is 25.6 Å². The van der Waals surface area contributed by atoms with E-state index in [2.05, 4.69) is 16.0 Å². The second-order valence-electron chi connectivity index (χ2n) is 11.2. The first-order valence-corrected chi connectivity index (χ1v) is 14.8. The number of amides is 2. The van der Waals surface area contributed by atoms with Gasteiger partial charge in [-0.05, 0) is 75.1 Å². The first-order valence-electron chi connectivity index (χ1n) is 14.8. The van der Waals surface area contributed by atoms with Gasteiger partial charge in [0.15, 0.2) is 0 Å². The summed E-state index contributed by atoms with van der Waals surface area (Å²) in [6.45, 7) is 8.05. The summed E-state index contributed by atoms with van der Waals surface area (Å²) in [7, 11) is 1.63. The first kappa shape index (κ1) is 31.6. The van der Waals surface area contributed by atoms with Gasteiger partial charge in [0.25, 0.3) is 12.4 Å².